The van der Waals surface area contributed by atoms with Gasteiger partial charge in [0.1, 0.15) is 97.6 Å². The van der Waals surface area contributed by atoms with Crippen molar-refractivity contribution < 1.29 is 104 Å². The van der Waals surface area contributed by atoms with E-state index in [4.69, 9.17) is 33.2 Å². The lowest BCUT2D eigenvalue weighted by molar-refractivity contribution is -0.323. The van der Waals surface area contributed by atoms with Crippen LogP contribution in [0.3, 0.4) is 0 Å². The van der Waals surface area contributed by atoms with E-state index in [1.165, 1.54) is 0 Å². The normalized spacial score (nSPS) is 48.0. The molecule has 0 aliphatic carbocycles. The molecule has 0 spiro atoms. The quantitative estimate of drug-likeness (QED) is 0.0844. The van der Waals surface area contributed by atoms with Crippen LogP contribution in [-0.2, 0) is 38.0 Å². The zero-order valence-corrected chi connectivity index (χ0v) is 25.5. The fraction of sp³-hybridized carbons (Fsp3) is 0.962. The number of carbonyl (C=O) groups is 1. The lowest BCUT2D eigenvalue weighted by atomic mass is 9.96. The van der Waals surface area contributed by atoms with E-state index in [1.807, 2.05) is 0 Å². The SMILES string of the molecule is CC(=O)N[C@H]1[C@H](O[C@@H]2[C@@H](O)[C@H]([C@H](O)CO)O[C@@H]2O)O[C@H](CO)[C@@H](O)[C@@H]1O[C@@H]1O[C@@H]([C@H](O)CO)[C@H](O[C@H]2O[C@H](CO)[C@@H](O)[C@H](O)[C@H]2O)[C@H]1O. The maximum absolute atomic E-state index is 12.2. The lowest BCUT2D eigenvalue weighted by Crippen LogP contribution is -2.67. The van der Waals surface area contributed by atoms with Crippen LogP contribution in [0.2, 0.25) is 0 Å². The van der Waals surface area contributed by atoms with Gasteiger partial charge in [0.25, 0.3) is 0 Å². The second kappa shape index (κ2) is 16.8. The van der Waals surface area contributed by atoms with Crippen molar-refractivity contribution in [1.82, 2.24) is 5.32 Å². The average molecular weight is 708 g/mol. The van der Waals surface area contributed by atoms with Gasteiger partial charge in [-0.15, -0.1) is 0 Å². The van der Waals surface area contributed by atoms with Crippen molar-refractivity contribution in [2.75, 3.05) is 26.4 Å². The predicted octanol–water partition coefficient (Wildman–Crippen LogP) is -9.61. The number of hydrogen-bond donors (Lipinski definition) is 14. The molecule has 20 atom stereocenters. The van der Waals surface area contributed by atoms with E-state index in [0.29, 0.717) is 0 Å². The smallest absolute Gasteiger partial charge is 0.217 e. The second-order valence-corrected chi connectivity index (χ2v) is 11.9. The standard InChI is InChI=1S/C26H45NO21/c1-6(32)27-11-20(13(36)10(5-31)42-24(11)48-22-16(39)18(7(33)2-28)44-23(22)41)46-26-17(40)21(19(45-26)8(34)3-29)47-25-15(38)14(37)12(35)9(4-30)43-25/h7-26,28-31,33-41H,2-5H2,1H3,(H,27,32)/t7-,8-,9-,10-,11-,12-,13-,14+,15-,16+,17-,18+,19+,20-,21-,22-,23+,24+,25-,26+/m1/s1. The fourth-order valence-corrected chi connectivity index (χ4v) is 5.97. The number of rotatable bonds is 13. The highest BCUT2D eigenvalue weighted by Crippen LogP contribution is 2.36. The first-order valence-electron chi connectivity index (χ1n) is 15.1. The van der Waals surface area contributed by atoms with Gasteiger partial charge in [0, 0.05) is 6.92 Å². The Morgan fingerprint density at radius 1 is 0.604 bits per heavy atom. The molecule has 0 saturated carbocycles. The largest absolute Gasteiger partial charge is 0.394 e. The van der Waals surface area contributed by atoms with Crippen LogP contribution < -0.4 is 5.32 Å². The van der Waals surface area contributed by atoms with E-state index >= 15 is 0 Å². The summed E-state index contributed by atoms with van der Waals surface area (Å²) in [4.78, 5) is 12.2. The Bertz CT molecular complexity index is 1030. The third-order valence-corrected chi connectivity index (χ3v) is 8.56. The molecule has 48 heavy (non-hydrogen) atoms. The van der Waals surface area contributed by atoms with Crippen molar-refractivity contribution in [3.63, 3.8) is 0 Å². The van der Waals surface area contributed by atoms with Crippen molar-refractivity contribution in [1.29, 1.82) is 0 Å². The number of aliphatic hydroxyl groups is 13. The summed E-state index contributed by atoms with van der Waals surface area (Å²) in [5.41, 5.74) is 0. The summed E-state index contributed by atoms with van der Waals surface area (Å²) < 4.78 is 38.8. The van der Waals surface area contributed by atoms with Crippen LogP contribution in [0.5, 0.6) is 0 Å². The molecule has 0 radical (unpaired) electrons. The van der Waals surface area contributed by atoms with Gasteiger partial charge < -0.3 is 105 Å². The van der Waals surface area contributed by atoms with Crippen molar-refractivity contribution in [2.45, 2.75) is 130 Å². The molecule has 0 aromatic carbocycles. The predicted molar refractivity (Wildman–Crippen MR) is 145 cm³/mol. The molecular formula is C26H45NO21. The molecule has 0 aromatic rings. The van der Waals surface area contributed by atoms with Crippen LogP contribution in [0, 0.1) is 0 Å². The highest BCUT2D eigenvalue weighted by molar-refractivity contribution is 5.73. The van der Waals surface area contributed by atoms with Crippen molar-refractivity contribution in [3.05, 3.63) is 0 Å². The molecule has 14 N–H and O–H groups in total. The van der Waals surface area contributed by atoms with E-state index < -0.39 is 155 Å². The Morgan fingerprint density at radius 2 is 1.12 bits per heavy atom. The first-order chi connectivity index (χ1) is 22.7. The molecule has 4 saturated heterocycles. The van der Waals surface area contributed by atoms with Gasteiger partial charge in [0.2, 0.25) is 5.91 Å². The minimum Gasteiger partial charge on any atom is -0.394 e. The molecule has 4 aliphatic heterocycles. The minimum atomic E-state index is -1.95. The first kappa shape index (κ1) is 39.5. The molecule has 4 rings (SSSR count). The molecule has 4 fully saturated rings. The molecule has 0 unspecified atom stereocenters. The molecule has 280 valence electrons. The third kappa shape index (κ3) is 8.08. The maximum Gasteiger partial charge on any atom is 0.217 e. The number of ether oxygens (including phenoxy) is 7. The summed E-state index contributed by atoms with van der Waals surface area (Å²) >= 11 is 0. The Hall–Kier alpha value is -1.33. The van der Waals surface area contributed by atoms with Crippen LogP contribution in [0.1, 0.15) is 6.92 Å². The molecule has 0 bridgehead atoms. The topological polar surface area (TPSA) is 357 Å². The minimum absolute atomic E-state index is 0.747. The third-order valence-electron chi connectivity index (χ3n) is 8.56. The average Bonchev–Trinajstić information content (AvgIpc) is 3.52. The second-order valence-electron chi connectivity index (χ2n) is 11.9. The molecule has 4 heterocycles. The van der Waals surface area contributed by atoms with E-state index in [0.717, 1.165) is 6.92 Å². The Kier molecular flexibility index (Phi) is 13.8. The van der Waals surface area contributed by atoms with Gasteiger partial charge in [-0.3, -0.25) is 4.79 Å². The summed E-state index contributed by atoms with van der Waals surface area (Å²) in [5, 5.41) is 135. The molecular weight excluding hydrogens is 662 g/mol. The van der Waals surface area contributed by atoms with Crippen LogP contribution in [-0.4, -0.2) is 221 Å². The molecule has 1 amide bonds. The van der Waals surface area contributed by atoms with E-state index in [1.54, 1.807) is 0 Å². The van der Waals surface area contributed by atoms with Gasteiger partial charge in [0.15, 0.2) is 25.2 Å². The molecule has 22 nitrogen and oxygen atoms in total. The number of hydrogen-bond acceptors (Lipinski definition) is 21. The monoisotopic (exact) mass is 707 g/mol. The highest BCUT2D eigenvalue weighted by Gasteiger charge is 2.57. The Labute approximate surface area is 272 Å². The lowest BCUT2D eigenvalue weighted by Gasteiger charge is -2.45. The summed E-state index contributed by atoms with van der Waals surface area (Å²) in [7, 11) is 0. The van der Waals surface area contributed by atoms with Crippen LogP contribution in [0.25, 0.3) is 0 Å². The fourth-order valence-electron chi connectivity index (χ4n) is 5.97. The van der Waals surface area contributed by atoms with Gasteiger partial charge in [-0.25, -0.2) is 0 Å². The van der Waals surface area contributed by atoms with Crippen LogP contribution in [0.4, 0.5) is 0 Å². The summed E-state index contributed by atoms with van der Waals surface area (Å²) in [6.07, 6.45) is -33.0. The van der Waals surface area contributed by atoms with Gasteiger partial charge >= 0.3 is 0 Å². The number of carbonyl (C=O) groups excluding carboxylic acids is 1. The Balaban J connectivity index is 1.58. The number of amides is 1. The van der Waals surface area contributed by atoms with Crippen molar-refractivity contribution in [3.8, 4) is 0 Å². The summed E-state index contributed by atoms with van der Waals surface area (Å²) in [6, 6.07) is -1.57. The maximum atomic E-state index is 12.2. The van der Waals surface area contributed by atoms with Crippen molar-refractivity contribution >= 4 is 5.91 Å². The van der Waals surface area contributed by atoms with E-state index in [2.05, 4.69) is 5.32 Å². The zero-order valence-electron chi connectivity index (χ0n) is 25.5. The molecule has 22 heteroatoms. The van der Waals surface area contributed by atoms with Gasteiger partial charge in [-0.1, -0.05) is 0 Å². The number of nitrogens with one attached hydrogen (secondary N) is 1. The summed E-state index contributed by atoms with van der Waals surface area (Å²) in [5.74, 6) is -0.747. The van der Waals surface area contributed by atoms with E-state index in [9.17, 15) is 71.2 Å². The molecule has 0 aromatic heterocycles. The summed E-state index contributed by atoms with van der Waals surface area (Å²) in [6.45, 7) is -2.42. The zero-order chi connectivity index (χ0) is 35.6. The highest BCUT2D eigenvalue weighted by atomic mass is 16.8. The molecule has 4 aliphatic rings. The van der Waals surface area contributed by atoms with E-state index in [-0.39, 0.29) is 0 Å². The first-order valence-corrected chi connectivity index (χ1v) is 15.1. The van der Waals surface area contributed by atoms with Gasteiger partial charge in [-0.05, 0) is 0 Å². The van der Waals surface area contributed by atoms with Crippen molar-refractivity contribution in [2.24, 2.45) is 0 Å². The van der Waals surface area contributed by atoms with Gasteiger partial charge in [-0.2, -0.15) is 0 Å². The number of aliphatic hydroxyl groups excluding tert-OH is 13. The Morgan fingerprint density at radius 3 is 1.71 bits per heavy atom. The van der Waals surface area contributed by atoms with Crippen LogP contribution >= 0.6 is 0 Å². The van der Waals surface area contributed by atoms with Gasteiger partial charge in [0.05, 0.1) is 26.4 Å². The van der Waals surface area contributed by atoms with Crippen LogP contribution in [0.15, 0.2) is 0 Å².